The van der Waals surface area contributed by atoms with Crippen molar-refractivity contribution in [3.8, 4) is 0 Å². The standard InChI is InChI=1S/C11H11.C4H7.2ClH.Zr/c1-8-7-10-5-3-4-6-11(10)9(8)2;1-2-4-3-1;;;/h3-7H,1-2H3;1H,2-4H2;2*1H;/q;;;;+2/p-2. The fourth-order valence-electron chi connectivity index (χ4n) is 2.78. The maximum atomic E-state index is 2.37. The Balaban J connectivity index is 0.000000810. The largest absolute Gasteiger partial charge is 1.00 e. The maximum absolute atomic E-state index is 2.37. The number of rotatable bonds is 2. The van der Waals surface area contributed by atoms with Crippen LogP contribution in [0.4, 0.5) is 0 Å². The van der Waals surface area contributed by atoms with Gasteiger partial charge in [0.15, 0.2) is 0 Å². The van der Waals surface area contributed by atoms with Crippen LogP contribution in [0.25, 0.3) is 5.57 Å². The number of halogens is 2. The third kappa shape index (κ3) is 2.79. The predicted molar refractivity (Wildman–Crippen MR) is 65.1 cm³/mol. The smallest absolute Gasteiger partial charge is 1.00 e. The third-order valence-corrected chi connectivity index (χ3v) is 9.43. The fourth-order valence-corrected chi connectivity index (χ4v) is 7.97. The zero-order valence-corrected chi connectivity index (χ0v) is 14.8. The van der Waals surface area contributed by atoms with Crippen molar-refractivity contribution in [2.75, 3.05) is 0 Å². The quantitative estimate of drug-likeness (QED) is 0.609. The van der Waals surface area contributed by atoms with Gasteiger partial charge in [-0.1, -0.05) is 0 Å². The molecule has 2 aliphatic carbocycles. The van der Waals surface area contributed by atoms with Gasteiger partial charge in [-0.2, -0.15) is 0 Å². The summed E-state index contributed by atoms with van der Waals surface area (Å²) in [5, 5.41) is 0. The van der Waals surface area contributed by atoms with Gasteiger partial charge < -0.3 is 24.8 Å². The minimum absolute atomic E-state index is 0. The predicted octanol–water partition coefficient (Wildman–Crippen LogP) is -1.40. The van der Waals surface area contributed by atoms with Crippen molar-refractivity contribution < 1.29 is 48.0 Å². The molecule has 0 radical (unpaired) electrons. The summed E-state index contributed by atoms with van der Waals surface area (Å²) < 4.78 is 2.06. The second-order valence-corrected chi connectivity index (χ2v) is 9.37. The average Bonchev–Trinajstić information content (AvgIpc) is 2.48. The first-order chi connectivity index (χ1) is 7.77. The van der Waals surface area contributed by atoms with Crippen LogP contribution in [-0.4, -0.2) is 0 Å². The van der Waals surface area contributed by atoms with Crippen LogP contribution < -0.4 is 24.8 Å². The van der Waals surface area contributed by atoms with Crippen molar-refractivity contribution in [3.63, 3.8) is 0 Å². The van der Waals surface area contributed by atoms with E-state index in [0.717, 1.165) is 3.63 Å². The SMILES string of the molecule is CC1=C(C)[CH]([Zr+2][CH]2CCC2)c2ccccc21.[Cl-].[Cl-]. The van der Waals surface area contributed by atoms with E-state index in [2.05, 4.69) is 38.1 Å². The monoisotopic (exact) mass is 358 g/mol. The number of benzene rings is 1. The Kier molecular flexibility index (Phi) is 6.16. The van der Waals surface area contributed by atoms with Crippen LogP contribution >= 0.6 is 0 Å². The van der Waals surface area contributed by atoms with Gasteiger partial charge in [0.1, 0.15) is 0 Å². The molecule has 0 amide bonds. The molecule has 1 atom stereocenters. The molecule has 1 saturated carbocycles. The van der Waals surface area contributed by atoms with Gasteiger partial charge in [0.2, 0.25) is 0 Å². The van der Waals surface area contributed by atoms with Crippen molar-refractivity contribution in [2.45, 2.75) is 40.4 Å². The first kappa shape index (κ1) is 16.5. The first-order valence-corrected chi connectivity index (χ1v) is 9.14. The number of fused-ring (bicyclic) bond motifs is 1. The summed E-state index contributed by atoms with van der Waals surface area (Å²) in [5.74, 6) is 0. The summed E-state index contributed by atoms with van der Waals surface area (Å²) in [6, 6.07) is 9.10. The normalized spacial score (nSPS) is 21.3. The Morgan fingerprint density at radius 2 is 1.72 bits per heavy atom. The summed E-state index contributed by atoms with van der Waals surface area (Å²) in [6.07, 6.45) is 4.58. The zero-order valence-electron chi connectivity index (χ0n) is 10.8. The van der Waals surface area contributed by atoms with Crippen LogP contribution in [0.2, 0.25) is 3.63 Å². The van der Waals surface area contributed by atoms with Gasteiger partial charge in [0.05, 0.1) is 0 Å². The van der Waals surface area contributed by atoms with Crippen LogP contribution in [0.1, 0.15) is 47.9 Å². The minimum atomic E-state index is -0.246. The topological polar surface area (TPSA) is 0 Å². The second-order valence-electron chi connectivity index (χ2n) is 5.12. The third-order valence-electron chi connectivity index (χ3n) is 4.21. The molecule has 0 nitrogen and oxygen atoms in total. The van der Waals surface area contributed by atoms with Crippen LogP contribution in [0, 0.1) is 0 Å². The van der Waals surface area contributed by atoms with Gasteiger partial charge in [0, 0.05) is 0 Å². The van der Waals surface area contributed by atoms with Gasteiger partial charge in [-0.05, 0) is 0 Å². The molecule has 3 heteroatoms. The van der Waals surface area contributed by atoms with Crippen LogP contribution in [-0.2, 0) is 23.2 Å². The molecule has 1 aromatic carbocycles. The Labute approximate surface area is 134 Å². The molecular formula is C15H18Cl2Zr. The van der Waals surface area contributed by atoms with E-state index in [-0.39, 0.29) is 48.0 Å². The van der Waals surface area contributed by atoms with Crippen molar-refractivity contribution in [1.82, 2.24) is 0 Å². The van der Waals surface area contributed by atoms with Crippen LogP contribution in [0.5, 0.6) is 0 Å². The number of hydrogen-bond acceptors (Lipinski definition) is 0. The molecule has 96 valence electrons. The van der Waals surface area contributed by atoms with Crippen molar-refractivity contribution in [1.29, 1.82) is 0 Å². The van der Waals surface area contributed by atoms with Crippen molar-refractivity contribution in [3.05, 3.63) is 41.0 Å². The van der Waals surface area contributed by atoms with Gasteiger partial charge >= 0.3 is 110 Å². The van der Waals surface area contributed by atoms with Crippen LogP contribution in [0.3, 0.4) is 0 Å². The Morgan fingerprint density at radius 1 is 1.06 bits per heavy atom. The number of hydrogen-bond donors (Lipinski definition) is 0. The summed E-state index contributed by atoms with van der Waals surface area (Å²) in [5.41, 5.74) is 6.47. The molecule has 2 aliphatic rings. The molecule has 1 unspecified atom stereocenters. The van der Waals surface area contributed by atoms with Gasteiger partial charge in [0.25, 0.3) is 0 Å². The molecule has 1 fully saturated rings. The summed E-state index contributed by atoms with van der Waals surface area (Å²) in [6.45, 7) is 4.69. The molecule has 0 N–H and O–H groups in total. The molecule has 0 heterocycles. The van der Waals surface area contributed by atoms with E-state index in [1.165, 1.54) is 22.9 Å². The molecule has 1 aromatic rings. The molecular weight excluding hydrogens is 342 g/mol. The van der Waals surface area contributed by atoms with Crippen molar-refractivity contribution in [2.24, 2.45) is 0 Å². The number of allylic oxidation sites excluding steroid dienone is 2. The molecule has 0 saturated heterocycles. The van der Waals surface area contributed by atoms with Crippen LogP contribution in [0.15, 0.2) is 29.8 Å². The Bertz CT molecular complexity index is 450. The second kappa shape index (κ2) is 6.73. The van der Waals surface area contributed by atoms with E-state index in [4.69, 9.17) is 0 Å². The van der Waals surface area contributed by atoms with E-state index in [9.17, 15) is 0 Å². The minimum Gasteiger partial charge on any atom is -1.00 e. The first-order valence-electron chi connectivity index (χ1n) is 6.30. The Morgan fingerprint density at radius 3 is 2.33 bits per heavy atom. The maximum Gasteiger partial charge on any atom is -1.00 e. The average molecular weight is 360 g/mol. The Hall–Kier alpha value is 0.423. The van der Waals surface area contributed by atoms with Gasteiger partial charge in [-0.15, -0.1) is 0 Å². The molecule has 0 aliphatic heterocycles. The van der Waals surface area contributed by atoms with E-state index in [0.29, 0.717) is 0 Å². The molecule has 0 spiro atoms. The molecule has 3 rings (SSSR count). The fraction of sp³-hybridized carbons (Fsp3) is 0.467. The summed E-state index contributed by atoms with van der Waals surface area (Å²) in [7, 11) is 0. The van der Waals surface area contributed by atoms with E-state index >= 15 is 0 Å². The van der Waals surface area contributed by atoms with E-state index in [1.54, 1.807) is 22.3 Å². The molecule has 18 heavy (non-hydrogen) atoms. The summed E-state index contributed by atoms with van der Waals surface area (Å²) >= 11 is -0.246. The molecule has 0 bridgehead atoms. The summed E-state index contributed by atoms with van der Waals surface area (Å²) in [4.78, 5) is 0. The van der Waals surface area contributed by atoms with E-state index in [1.807, 2.05) is 0 Å². The zero-order chi connectivity index (χ0) is 11.1. The van der Waals surface area contributed by atoms with Gasteiger partial charge in [-0.3, -0.25) is 0 Å². The molecule has 0 aromatic heterocycles. The van der Waals surface area contributed by atoms with Crippen molar-refractivity contribution >= 4 is 5.57 Å². The van der Waals surface area contributed by atoms with Gasteiger partial charge in [-0.25, -0.2) is 0 Å². The van der Waals surface area contributed by atoms with E-state index < -0.39 is 0 Å².